The molecule has 54 valence electrons. The molecule has 0 aromatic heterocycles. The van der Waals surface area contributed by atoms with Crippen LogP contribution in [0.15, 0.2) is 24.3 Å². The molecule has 0 aromatic rings. The van der Waals surface area contributed by atoms with Crippen molar-refractivity contribution < 1.29 is 0 Å². The van der Waals surface area contributed by atoms with Crippen molar-refractivity contribution in [1.82, 2.24) is 0 Å². The van der Waals surface area contributed by atoms with E-state index >= 15 is 0 Å². The molecule has 0 aliphatic heterocycles. The predicted molar refractivity (Wildman–Crippen MR) is 45.6 cm³/mol. The highest BCUT2D eigenvalue weighted by Crippen LogP contribution is 1.73. The highest BCUT2D eigenvalue weighted by atomic mass is 13.6. The van der Waals surface area contributed by atoms with Crippen LogP contribution in [0.2, 0.25) is 0 Å². The summed E-state index contributed by atoms with van der Waals surface area (Å²) in [4.78, 5) is 0. The molecule has 0 spiro atoms. The molecule has 0 aliphatic carbocycles. The van der Waals surface area contributed by atoms with E-state index in [2.05, 4.69) is 19.1 Å². The highest BCUT2D eigenvalue weighted by Gasteiger charge is 1.52. The van der Waals surface area contributed by atoms with Crippen molar-refractivity contribution in [3.8, 4) is 0 Å². The predicted octanol–water partition coefficient (Wildman–Crippen LogP) is 3.55. The maximum atomic E-state index is 2.12. The van der Waals surface area contributed by atoms with Gasteiger partial charge in [0.05, 0.1) is 0 Å². The highest BCUT2D eigenvalue weighted by molar-refractivity contribution is 4.73. The number of hydrogen-bond acceptors (Lipinski definition) is 0. The molecule has 0 bridgehead atoms. The lowest BCUT2D eigenvalue weighted by atomic mass is 10.4. The molecule has 0 atom stereocenters. The minimum absolute atomic E-state index is 1.16. The average molecular weight is 126 g/mol. The fourth-order valence-electron chi connectivity index (χ4n) is 0.236. The van der Waals surface area contributed by atoms with E-state index in [9.17, 15) is 0 Å². The van der Waals surface area contributed by atoms with Crippen molar-refractivity contribution >= 4 is 0 Å². The molecule has 0 saturated carbocycles. The Kier molecular flexibility index (Phi) is 19.6. The van der Waals surface area contributed by atoms with E-state index in [-0.39, 0.29) is 0 Å². The van der Waals surface area contributed by atoms with Crippen molar-refractivity contribution in [2.24, 2.45) is 0 Å². The van der Waals surface area contributed by atoms with E-state index < -0.39 is 0 Å². The zero-order valence-electron chi connectivity index (χ0n) is 7.02. The summed E-state index contributed by atoms with van der Waals surface area (Å²) < 4.78 is 0. The third kappa shape index (κ3) is 36.5. The second-order valence-corrected chi connectivity index (χ2v) is 1.64. The van der Waals surface area contributed by atoms with Crippen molar-refractivity contribution in [2.45, 2.75) is 34.1 Å². The molecule has 0 radical (unpaired) electrons. The Balaban J connectivity index is 0. The zero-order chi connectivity index (χ0) is 7.54. The van der Waals surface area contributed by atoms with E-state index in [1.54, 1.807) is 0 Å². The first-order valence-corrected chi connectivity index (χ1v) is 3.51. The summed E-state index contributed by atoms with van der Waals surface area (Å²) in [5.41, 5.74) is 0. The van der Waals surface area contributed by atoms with Gasteiger partial charge in [0.1, 0.15) is 0 Å². The van der Waals surface area contributed by atoms with Crippen LogP contribution in [0.4, 0.5) is 0 Å². The summed E-state index contributed by atoms with van der Waals surface area (Å²) in [6.07, 6.45) is 9.34. The lowest BCUT2D eigenvalue weighted by Gasteiger charge is -1.65. The molecule has 0 aromatic carbocycles. The van der Waals surface area contributed by atoms with E-state index in [1.165, 1.54) is 0 Å². The van der Waals surface area contributed by atoms with Gasteiger partial charge in [-0.25, -0.2) is 0 Å². The van der Waals surface area contributed by atoms with Crippen LogP contribution in [-0.2, 0) is 0 Å². The number of rotatable bonds is 1. The normalized spacial score (nSPS) is 9.78. The molecular weight excluding hydrogens is 108 g/mol. The summed E-state index contributed by atoms with van der Waals surface area (Å²) >= 11 is 0. The summed E-state index contributed by atoms with van der Waals surface area (Å²) in [7, 11) is 0. The Labute approximate surface area is 59.3 Å². The maximum absolute atomic E-state index is 2.12. The standard InChI is InChI=1S/C5H10.C4H8/c1-3-5-4-2;1-3-4-2/h3,5H,4H2,1-2H3;3-4H,1-2H3/b5-3+;. The van der Waals surface area contributed by atoms with Gasteiger partial charge in [-0.15, -0.1) is 0 Å². The summed E-state index contributed by atoms with van der Waals surface area (Å²) in [6, 6.07) is 0. The molecule has 9 heavy (non-hydrogen) atoms. The van der Waals surface area contributed by atoms with Crippen LogP contribution >= 0.6 is 0 Å². The second-order valence-electron chi connectivity index (χ2n) is 1.64. The molecular formula is C9H18. The van der Waals surface area contributed by atoms with Gasteiger partial charge in [0.25, 0.3) is 0 Å². The summed E-state index contributed by atoms with van der Waals surface area (Å²) in [5.74, 6) is 0. The minimum atomic E-state index is 1.16. The minimum Gasteiger partial charge on any atom is -0.0919 e. The van der Waals surface area contributed by atoms with Gasteiger partial charge in [0, 0.05) is 0 Å². The smallest absolute Gasteiger partial charge is 0.0379 e. The van der Waals surface area contributed by atoms with Crippen LogP contribution in [0.5, 0.6) is 0 Å². The lowest BCUT2D eigenvalue weighted by molar-refractivity contribution is 1.22. The van der Waals surface area contributed by atoms with Gasteiger partial charge in [0.15, 0.2) is 0 Å². The van der Waals surface area contributed by atoms with Gasteiger partial charge in [-0.3, -0.25) is 0 Å². The van der Waals surface area contributed by atoms with Crippen molar-refractivity contribution in [3.63, 3.8) is 0 Å². The summed E-state index contributed by atoms with van der Waals surface area (Å²) in [5, 5.41) is 0. The SMILES string of the molecule is C/C=C/CC.CC=CC. The first-order chi connectivity index (χ1) is 4.33. The van der Waals surface area contributed by atoms with Crippen LogP contribution < -0.4 is 0 Å². The monoisotopic (exact) mass is 126 g/mol. The molecule has 0 fully saturated rings. The third-order valence-electron chi connectivity index (χ3n) is 0.805. The number of allylic oxidation sites excluding steroid dienone is 4. The van der Waals surface area contributed by atoms with Crippen molar-refractivity contribution in [3.05, 3.63) is 24.3 Å². The van der Waals surface area contributed by atoms with Crippen LogP contribution in [0, 0.1) is 0 Å². The fourth-order valence-corrected chi connectivity index (χ4v) is 0.236. The van der Waals surface area contributed by atoms with E-state index in [0.29, 0.717) is 0 Å². The van der Waals surface area contributed by atoms with Gasteiger partial charge < -0.3 is 0 Å². The van der Waals surface area contributed by atoms with Crippen LogP contribution in [0.3, 0.4) is 0 Å². The largest absolute Gasteiger partial charge is 0.0919 e. The van der Waals surface area contributed by atoms with Crippen LogP contribution in [-0.4, -0.2) is 0 Å². The maximum Gasteiger partial charge on any atom is -0.0379 e. The van der Waals surface area contributed by atoms with Gasteiger partial charge >= 0.3 is 0 Å². The Hall–Kier alpha value is -0.520. The molecule has 0 heterocycles. The molecule has 0 rings (SSSR count). The molecule has 0 amide bonds. The van der Waals surface area contributed by atoms with Gasteiger partial charge in [-0.1, -0.05) is 31.2 Å². The molecule has 0 unspecified atom stereocenters. The topological polar surface area (TPSA) is 0 Å². The molecule has 0 heteroatoms. The van der Waals surface area contributed by atoms with E-state index in [0.717, 1.165) is 6.42 Å². The molecule has 0 nitrogen and oxygen atoms in total. The quantitative estimate of drug-likeness (QED) is 0.471. The summed E-state index contributed by atoms with van der Waals surface area (Å²) in [6.45, 7) is 8.16. The van der Waals surface area contributed by atoms with Crippen LogP contribution in [0.1, 0.15) is 34.1 Å². The Morgan fingerprint density at radius 2 is 1.33 bits per heavy atom. The van der Waals surface area contributed by atoms with Crippen molar-refractivity contribution in [2.75, 3.05) is 0 Å². The van der Waals surface area contributed by atoms with Crippen molar-refractivity contribution in [1.29, 1.82) is 0 Å². The Bertz CT molecular complexity index is 64.1. The van der Waals surface area contributed by atoms with Gasteiger partial charge in [0.2, 0.25) is 0 Å². The lowest BCUT2D eigenvalue weighted by Crippen LogP contribution is -1.43. The molecule has 0 saturated heterocycles. The van der Waals surface area contributed by atoms with Crippen LogP contribution in [0.25, 0.3) is 0 Å². The Morgan fingerprint density at radius 3 is 1.33 bits per heavy atom. The number of hydrogen-bond donors (Lipinski definition) is 0. The second kappa shape index (κ2) is 15.6. The van der Waals surface area contributed by atoms with E-state index in [1.807, 2.05) is 32.9 Å². The molecule has 0 N–H and O–H groups in total. The fraction of sp³-hybridized carbons (Fsp3) is 0.556. The molecule has 0 aliphatic rings. The van der Waals surface area contributed by atoms with Gasteiger partial charge in [-0.05, 0) is 27.2 Å². The Morgan fingerprint density at radius 1 is 0.889 bits per heavy atom. The van der Waals surface area contributed by atoms with Gasteiger partial charge in [-0.2, -0.15) is 0 Å². The average Bonchev–Trinajstić information content (AvgIpc) is 1.91. The zero-order valence-corrected chi connectivity index (χ0v) is 7.02. The third-order valence-corrected chi connectivity index (χ3v) is 0.805. The first kappa shape index (κ1) is 11.3. The van der Waals surface area contributed by atoms with E-state index in [4.69, 9.17) is 0 Å². The first-order valence-electron chi connectivity index (χ1n) is 3.51.